The van der Waals surface area contributed by atoms with Crippen LogP contribution in [-0.4, -0.2) is 5.91 Å². The van der Waals surface area contributed by atoms with Gasteiger partial charge in [-0.2, -0.15) is 0 Å². The topological polar surface area (TPSA) is 43.1 Å². The van der Waals surface area contributed by atoms with E-state index in [2.05, 4.69) is 11.4 Å². The largest absolute Gasteiger partial charge is 0.370 e. The van der Waals surface area contributed by atoms with Crippen molar-refractivity contribution < 1.29 is 4.79 Å². The van der Waals surface area contributed by atoms with Crippen LogP contribution in [-0.2, 0) is 11.2 Å². The highest BCUT2D eigenvalue weighted by Crippen LogP contribution is 2.12. The molecule has 0 aliphatic heterocycles. The van der Waals surface area contributed by atoms with E-state index in [1.54, 1.807) is 11.3 Å². The summed E-state index contributed by atoms with van der Waals surface area (Å²) in [6.07, 6.45) is 3.56. The average molecular weight is 183 g/mol. The summed E-state index contributed by atoms with van der Waals surface area (Å²) in [7, 11) is 0. The Labute approximate surface area is 76.4 Å². The van der Waals surface area contributed by atoms with E-state index in [9.17, 15) is 4.79 Å². The molecular formula is C9H13NOS. The number of aryl methyl sites for hydroxylation is 1. The summed E-state index contributed by atoms with van der Waals surface area (Å²) in [6.45, 7) is 0. The minimum atomic E-state index is -0.193. The average Bonchev–Trinajstić information content (AvgIpc) is 2.49. The van der Waals surface area contributed by atoms with Crippen molar-refractivity contribution in [1.82, 2.24) is 0 Å². The molecule has 2 nitrogen and oxygen atoms in total. The van der Waals surface area contributed by atoms with Crippen molar-refractivity contribution in [2.24, 2.45) is 5.73 Å². The summed E-state index contributed by atoms with van der Waals surface area (Å²) in [6, 6.07) is 4.17. The molecule has 2 N–H and O–H groups in total. The summed E-state index contributed by atoms with van der Waals surface area (Å²) in [4.78, 5) is 11.8. The van der Waals surface area contributed by atoms with E-state index in [-0.39, 0.29) is 5.91 Å². The third kappa shape index (κ3) is 3.53. The van der Waals surface area contributed by atoms with E-state index in [0.29, 0.717) is 6.42 Å². The van der Waals surface area contributed by atoms with Gasteiger partial charge in [-0.3, -0.25) is 4.79 Å². The van der Waals surface area contributed by atoms with Crippen molar-refractivity contribution in [1.29, 1.82) is 0 Å². The van der Waals surface area contributed by atoms with Crippen LogP contribution in [0.15, 0.2) is 17.5 Å². The summed E-state index contributed by atoms with van der Waals surface area (Å²) in [5, 5.41) is 2.07. The van der Waals surface area contributed by atoms with Crippen LogP contribution in [0.3, 0.4) is 0 Å². The highest BCUT2D eigenvalue weighted by molar-refractivity contribution is 7.09. The molecule has 1 aromatic rings. The molecule has 0 aromatic carbocycles. The molecule has 0 saturated carbocycles. The normalized spacial score (nSPS) is 10.0. The van der Waals surface area contributed by atoms with Gasteiger partial charge in [-0.1, -0.05) is 6.07 Å². The third-order valence-corrected chi connectivity index (χ3v) is 2.61. The van der Waals surface area contributed by atoms with Crippen molar-refractivity contribution in [3.8, 4) is 0 Å². The maximum absolute atomic E-state index is 10.4. The van der Waals surface area contributed by atoms with Gasteiger partial charge >= 0.3 is 0 Å². The number of nitrogens with two attached hydrogens (primary N) is 1. The molecule has 1 amide bonds. The second-order valence-corrected chi connectivity index (χ2v) is 3.79. The number of primary amides is 1. The lowest BCUT2D eigenvalue weighted by Crippen LogP contribution is -2.09. The minimum absolute atomic E-state index is 0.193. The molecule has 3 heteroatoms. The second kappa shape index (κ2) is 4.93. The fourth-order valence-electron chi connectivity index (χ4n) is 1.05. The van der Waals surface area contributed by atoms with Crippen LogP contribution >= 0.6 is 11.3 Å². The van der Waals surface area contributed by atoms with Crippen LogP contribution in [0.5, 0.6) is 0 Å². The number of rotatable bonds is 5. The van der Waals surface area contributed by atoms with Gasteiger partial charge in [0.1, 0.15) is 0 Å². The Balaban J connectivity index is 2.07. The highest BCUT2D eigenvalue weighted by Gasteiger charge is 1.96. The first-order valence-electron chi connectivity index (χ1n) is 4.10. The zero-order valence-electron chi connectivity index (χ0n) is 6.95. The first-order valence-corrected chi connectivity index (χ1v) is 4.97. The Morgan fingerprint density at radius 2 is 2.33 bits per heavy atom. The van der Waals surface area contributed by atoms with Crippen molar-refractivity contribution in [2.45, 2.75) is 25.7 Å². The van der Waals surface area contributed by atoms with Gasteiger partial charge in [0, 0.05) is 11.3 Å². The van der Waals surface area contributed by atoms with Gasteiger partial charge < -0.3 is 5.73 Å². The van der Waals surface area contributed by atoms with Gasteiger partial charge in [0.2, 0.25) is 5.91 Å². The van der Waals surface area contributed by atoms with Gasteiger partial charge in [-0.05, 0) is 30.7 Å². The number of carbonyl (C=O) groups is 1. The van der Waals surface area contributed by atoms with Crippen LogP contribution < -0.4 is 5.73 Å². The molecule has 66 valence electrons. The molecule has 0 saturated heterocycles. The van der Waals surface area contributed by atoms with Gasteiger partial charge in [0.15, 0.2) is 0 Å². The van der Waals surface area contributed by atoms with Crippen LogP contribution in [0.4, 0.5) is 0 Å². The van der Waals surface area contributed by atoms with E-state index in [4.69, 9.17) is 5.73 Å². The zero-order valence-corrected chi connectivity index (χ0v) is 7.77. The lowest BCUT2D eigenvalue weighted by Gasteiger charge is -1.95. The Hall–Kier alpha value is -0.830. The fraction of sp³-hybridized carbons (Fsp3) is 0.444. The highest BCUT2D eigenvalue weighted by atomic mass is 32.1. The molecule has 0 unspecified atom stereocenters. The molecule has 0 fully saturated rings. The maximum Gasteiger partial charge on any atom is 0.217 e. The number of thiophene rings is 1. The maximum atomic E-state index is 10.4. The number of unbranched alkanes of at least 4 members (excludes halogenated alkanes) is 1. The summed E-state index contributed by atoms with van der Waals surface area (Å²) < 4.78 is 0. The lowest BCUT2D eigenvalue weighted by molar-refractivity contribution is -0.118. The Morgan fingerprint density at radius 3 is 2.92 bits per heavy atom. The van der Waals surface area contributed by atoms with E-state index in [0.717, 1.165) is 19.3 Å². The smallest absolute Gasteiger partial charge is 0.217 e. The van der Waals surface area contributed by atoms with Gasteiger partial charge in [-0.15, -0.1) is 11.3 Å². The van der Waals surface area contributed by atoms with Crippen LogP contribution in [0.1, 0.15) is 24.1 Å². The first-order chi connectivity index (χ1) is 5.79. The standard InChI is InChI=1S/C9H13NOS/c10-9(11)6-2-1-4-8-5-3-7-12-8/h3,5,7H,1-2,4,6H2,(H2,10,11). The van der Waals surface area contributed by atoms with Crippen LogP contribution in [0.25, 0.3) is 0 Å². The van der Waals surface area contributed by atoms with Crippen molar-refractivity contribution in [2.75, 3.05) is 0 Å². The lowest BCUT2D eigenvalue weighted by atomic mass is 10.2. The van der Waals surface area contributed by atoms with E-state index >= 15 is 0 Å². The zero-order chi connectivity index (χ0) is 8.81. The summed E-state index contributed by atoms with van der Waals surface area (Å²) in [5.74, 6) is -0.193. The Bertz CT molecular complexity index is 231. The predicted octanol–water partition coefficient (Wildman–Crippen LogP) is 1.95. The van der Waals surface area contributed by atoms with Gasteiger partial charge in [0.05, 0.1) is 0 Å². The Kier molecular flexibility index (Phi) is 3.80. The predicted molar refractivity (Wildman–Crippen MR) is 51.1 cm³/mol. The second-order valence-electron chi connectivity index (χ2n) is 2.75. The van der Waals surface area contributed by atoms with Crippen LogP contribution in [0, 0.1) is 0 Å². The monoisotopic (exact) mass is 183 g/mol. The Morgan fingerprint density at radius 1 is 1.50 bits per heavy atom. The number of amides is 1. The summed E-state index contributed by atoms with van der Waals surface area (Å²) >= 11 is 1.77. The van der Waals surface area contributed by atoms with Crippen molar-refractivity contribution in [3.05, 3.63) is 22.4 Å². The van der Waals surface area contributed by atoms with E-state index < -0.39 is 0 Å². The number of hydrogen-bond donors (Lipinski definition) is 1. The molecule has 12 heavy (non-hydrogen) atoms. The van der Waals surface area contributed by atoms with Gasteiger partial charge in [0.25, 0.3) is 0 Å². The van der Waals surface area contributed by atoms with E-state index in [1.165, 1.54) is 4.88 Å². The van der Waals surface area contributed by atoms with Crippen molar-refractivity contribution >= 4 is 17.2 Å². The molecule has 0 aliphatic carbocycles. The molecule has 0 radical (unpaired) electrons. The molecule has 0 aliphatic rings. The summed E-state index contributed by atoms with van der Waals surface area (Å²) in [5.41, 5.74) is 5.02. The molecule has 0 bridgehead atoms. The van der Waals surface area contributed by atoms with E-state index in [1.807, 2.05) is 6.07 Å². The number of hydrogen-bond acceptors (Lipinski definition) is 2. The number of carbonyl (C=O) groups excluding carboxylic acids is 1. The third-order valence-electron chi connectivity index (χ3n) is 1.68. The molecule has 0 atom stereocenters. The molecule has 1 aromatic heterocycles. The quantitative estimate of drug-likeness (QED) is 0.696. The fourth-order valence-corrected chi connectivity index (χ4v) is 1.80. The molecule has 1 rings (SSSR count). The minimum Gasteiger partial charge on any atom is -0.370 e. The molecule has 0 spiro atoms. The first kappa shape index (κ1) is 9.26. The van der Waals surface area contributed by atoms with Crippen molar-refractivity contribution in [3.63, 3.8) is 0 Å². The van der Waals surface area contributed by atoms with Gasteiger partial charge in [-0.25, -0.2) is 0 Å². The molecular weight excluding hydrogens is 170 g/mol. The molecule has 1 heterocycles. The SMILES string of the molecule is NC(=O)CCCCc1cccs1. The van der Waals surface area contributed by atoms with Crippen LogP contribution in [0.2, 0.25) is 0 Å².